The van der Waals surface area contributed by atoms with Crippen LogP contribution in [-0.2, 0) is 12.8 Å². The Bertz CT molecular complexity index is 967. The fraction of sp³-hybridized carbons (Fsp3) is 0.217. The molecule has 2 aliphatic heterocycles. The van der Waals surface area contributed by atoms with Gasteiger partial charge in [0.2, 0.25) is 0 Å². The number of aryl methyl sites for hydroxylation is 1. The quantitative estimate of drug-likeness (QED) is 0.371. The highest BCUT2D eigenvalue weighted by Gasteiger charge is 2.38. The molecule has 0 amide bonds. The van der Waals surface area contributed by atoms with E-state index in [9.17, 15) is 0 Å². The van der Waals surface area contributed by atoms with E-state index in [-0.39, 0.29) is 0 Å². The molecular formula is C23H19Br2N. The van der Waals surface area contributed by atoms with Crippen LogP contribution in [0.15, 0.2) is 75.7 Å². The molecule has 0 aliphatic carbocycles. The average Bonchev–Trinajstić information content (AvgIpc) is 2.93. The van der Waals surface area contributed by atoms with Crippen LogP contribution in [-0.4, -0.2) is 0 Å². The van der Waals surface area contributed by atoms with E-state index >= 15 is 0 Å². The summed E-state index contributed by atoms with van der Waals surface area (Å²) in [6.45, 7) is 0. The van der Waals surface area contributed by atoms with E-state index in [1.54, 1.807) is 0 Å². The second kappa shape index (κ2) is 6.54. The minimum Gasteiger partial charge on any atom is -0.357 e. The third-order valence-corrected chi connectivity index (χ3v) is 6.73. The number of nitrogens with zero attached hydrogens (tertiary/aromatic N) is 1. The maximum absolute atomic E-state index is 3.67. The average molecular weight is 469 g/mol. The van der Waals surface area contributed by atoms with Crippen molar-refractivity contribution in [3.8, 4) is 0 Å². The Morgan fingerprint density at radius 2 is 1.50 bits per heavy atom. The first-order valence-corrected chi connectivity index (χ1v) is 10.7. The van der Waals surface area contributed by atoms with Crippen molar-refractivity contribution in [2.75, 3.05) is 4.90 Å². The van der Waals surface area contributed by atoms with Gasteiger partial charge in [-0.05, 0) is 71.8 Å². The van der Waals surface area contributed by atoms with Crippen LogP contribution in [0, 0.1) is 0 Å². The topological polar surface area (TPSA) is 3.24 Å². The van der Waals surface area contributed by atoms with Crippen molar-refractivity contribution < 1.29 is 0 Å². The highest BCUT2D eigenvalue weighted by Crippen LogP contribution is 2.50. The van der Waals surface area contributed by atoms with Gasteiger partial charge in [-0.3, -0.25) is 0 Å². The molecule has 2 heterocycles. The number of halogens is 2. The lowest BCUT2D eigenvalue weighted by Gasteiger charge is -2.34. The van der Waals surface area contributed by atoms with Crippen molar-refractivity contribution in [1.29, 1.82) is 0 Å². The fourth-order valence-corrected chi connectivity index (χ4v) is 5.46. The van der Waals surface area contributed by atoms with Crippen molar-refractivity contribution in [3.63, 3.8) is 0 Å². The van der Waals surface area contributed by atoms with E-state index < -0.39 is 0 Å². The molecule has 2 aliphatic rings. The molecule has 3 heteroatoms. The summed E-state index contributed by atoms with van der Waals surface area (Å²) in [6.07, 6.45) is 3.33. The molecule has 0 unspecified atom stereocenters. The number of hydrogen-bond donors (Lipinski definition) is 0. The summed E-state index contributed by atoms with van der Waals surface area (Å²) in [5.41, 5.74) is 7.22. The second-order valence-corrected chi connectivity index (χ2v) is 9.04. The second-order valence-electron chi connectivity index (χ2n) is 7.21. The lowest BCUT2D eigenvalue weighted by atomic mass is 9.96. The number of anilines is 1. The van der Waals surface area contributed by atoms with Crippen LogP contribution in [0.2, 0.25) is 0 Å². The molecule has 0 saturated carbocycles. The monoisotopic (exact) mass is 467 g/mol. The summed E-state index contributed by atoms with van der Waals surface area (Å²) in [7, 11) is 0. The molecule has 3 aromatic carbocycles. The van der Waals surface area contributed by atoms with Crippen molar-refractivity contribution in [2.24, 2.45) is 0 Å². The van der Waals surface area contributed by atoms with Gasteiger partial charge in [-0.2, -0.15) is 0 Å². The van der Waals surface area contributed by atoms with Crippen molar-refractivity contribution in [1.82, 2.24) is 0 Å². The van der Waals surface area contributed by atoms with Crippen LogP contribution in [0.1, 0.15) is 40.8 Å². The summed E-state index contributed by atoms with van der Waals surface area (Å²) in [4.78, 5) is 2.68. The molecule has 0 bridgehead atoms. The third-order valence-electron chi connectivity index (χ3n) is 5.74. The summed E-state index contributed by atoms with van der Waals surface area (Å²) < 4.78 is 2.35. The van der Waals surface area contributed by atoms with Gasteiger partial charge in [-0.1, -0.05) is 68.3 Å². The molecule has 0 aromatic heterocycles. The van der Waals surface area contributed by atoms with E-state index in [2.05, 4.69) is 103 Å². The first kappa shape index (κ1) is 16.6. The van der Waals surface area contributed by atoms with Gasteiger partial charge in [0.25, 0.3) is 0 Å². The minimum absolute atomic E-state index is 0.412. The maximum Gasteiger partial charge on any atom is 0.0592 e. The normalized spacial score (nSPS) is 20.9. The van der Waals surface area contributed by atoms with Crippen LogP contribution in [0.3, 0.4) is 0 Å². The summed E-state index contributed by atoms with van der Waals surface area (Å²) in [5, 5.41) is 0. The molecule has 0 fully saturated rings. The molecule has 0 N–H and O–H groups in total. The van der Waals surface area contributed by atoms with Crippen molar-refractivity contribution >= 4 is 37.5 Å². The molecule has 1 nitrogen and oxygen atoms in total. The molecule has 2 atom stereocenters. The molecule has 3 aromatic rings. The van der Waals surface area contributed by atoms with Crippen LogP contribution < -0.4 is 4.90 Å². The van der Waals surface area contributed by atoms with Gasteiger partial charge in [0, 0.05) is 14.6 Å². The predicted molar refractivity (Wildman–Crippen MR) is 115 cm³/mol. The maximum atomic E-state index is 3.67. The third kappa shape index (κ3) is 2.73. The molecule has 0 saturated heterocycles. The first-order chi connectivity index (χ1) is 12.7. The summed E-state index contributed by atoms with van der Waals surface area (Å²) in [5.74, 6) is 0. The van der Waals surface area contributed by atoms with Crippen LogP contribution in [0.5, 0.6) is 0 Å². The number of benzene rings is 3. The number of rotatable bonds is 1. The van der Waals surface area contributed by atoms with E-state index in [4.69, 9.17) is 0 Å². The predicted octanol–water partition coefficient (Wildman–Crippen LogP) is 7.00. The van der Waals surface area contributed by atoms with Crippen LogP contribution >= 0.6 is 31.9 Å². The Morgan fingerprint density at radius 3 is 2.31 bits per heavy atom. The highest BCUT2D eigenvalue weighted by atomic mass is 79.9. The summed E-state index contributed by atoms with van der Waals surface area (Å²) >= 11 is 7.32. The Kier molecular flexibility index (Phi) is 4.17. The molecule has 0 radical (unpaired) electrons. The summed E-state index contributed by atoms with van der Waals surface area (Å²) in [6, 6.07) is 25.4. The number of hydrogen-bond acceptors (Lipinski definition) is 1. The SMILES string of the molecule is Brc1ccc2c(c1)CC[C@@H](c1ccccc1)N1c3ccc(Br)cc3C[C@H]21. The Morgan fingerprint density at radius 1 is 0.769 bits per heavy atom. The standard InChI is InChI=1S/C23H19Br2N/c24-18-7-9-20-16(12-18)6-10-21(15-4-2-1-3-5-15)26-22-11-8-19(25)13-17(22)14-23(20)26/h1-5,7-9,11-13,21,23H,6,10,14H2/t21-,23+/m0/s1. The van der Waals surface area contributed by atoms with Gasteiger partial charge in [0.15, 0.2) is 0 Å². The zero-order chi connectivity index (χ0) is 17.7. The van der Waals surface area contributed by atoms with Crippen LogP contribution in [0.4, 0.5) is 5.69 Å². The van der Waals surface area contributed by atoms with Crippen LogP contribution in [0.25, 0.3) is 0 Å². The zero-order valence-corrected chi connectivity index (χ0v) is 17.5. The smallest absolute Gasteiger partial charge is 0.0592 e. The van der Waals surface area contributed by atoms with E-state index in [0.717, 1.165) is 19.3 Å². The van der Waals surface area contributed by atoms with Crippen molar-refractivity contribution in [2.45, 2.75) is 31.3 Å². The van der Waals surface area contributed by atoms with Gasteiger partial charge >= 0.3 is 0 Å². The molecule has 26 heavy (non-hydrogen) atoms. The first-order valence-electron chi connectivity index (χ1n) is 9.11. The van der Waals surface area contributed by atoms with E-state index in [0.29, 0.717) is 12.1 Å². The van der Waals surface area contributed by atoms with Gasteiger partial charge in [0.05, 0.1) is 12.1 Å². The van der Waals surface area contributed by atoms with Gasteiger partial charge in [-0.25, -0.2) is 0 Å². The highest BCUT2D eigenvalue weighted by molar-refractivity contribution is 9.10. The molecular weight excluding hydrogens is 450 g/mol. The molecule has 130 valence electrons. The Balaban J connectivity index is 1.69. The van der Waals surface area contributed by atoms with Crippen molar-refractivity contribution in [3.05, 3.63) is 97.9 Å². The lowest BCUT2D eigenvalue weighted by Crippen LogP contribution is -2.28. The Labute approximate surface area is 171 Å². The van der Waals surface area contributed by atoms with Gasteiger partial charge in [-0.15, -0.1) is 0 Å². The molecule has 5 rings (SSSR count). The number of fused-ring (bicyclic) bond motifs is 5. The Hall–Kier alpha value is -1.58. The molecule has 0 spiro atoms. The minimum atomic E-state index is 0.412. The van der Waals surface area contributed by atoms with E-state index in [1.807, 2.05) is 0 Å². The van der Waals surface area contributed by atoms with Gasteiger partial charge in [0.1, 0.15) is 0 Å². The largest absolute Gasteiger partial charge is 0.357 e. The zero-order valence-electron chi connectivity index (χ0n) is 14.3. The van der Waals surface area contributed by atoms with Gasteiger partial charge < -0.3 is 4.90 Å². The van der Waals surface area contributed by atoms with E-state index in [1.165, 1.54) is 36.9 Å². The lowest BCUT2D eigenvalue weighted by molar-refractivity contribution is 0.546. The fourth-order valence-electron chi connectivity index (χ4n) is 4.64.